The van der Waals surface area contributed by atoms with Crippen LogP contribution in [0.15, 0.2) is 29.2 Å². The van der Waals surface area contributed by atoms with Crippen molar-refractivity contribution in [2.45, 2.75) is 6.92 Å². The topological polar surface area (TPSA) is 34.4 Å². The average Bonchev–Trinajstić information content (AvgIpc) is 2.15. The Hall–Kier alpha value is -0.910. The zero-order valence-electron chi connectivity index (χ0n) is 6.99. The van der Waals surface area contributed by atoms with Gasteiger partial charge in [0.15, 0.2) is 0 Å². The van der Waals surface area contributed by atoms with Gasteiger partial charge in [-0.05, 0) is 41.6 Å². The maximum atomic E-state index is 11.7. The first kappa shape index (κ1) is 8.68. The molecule has 0 N–H and O–H groups in total. The van der Waals surface area contributed by atoms with Crippen molar-refractivity contribution < 1.29 is 0 Å². The standard InChI is InChI=1S/C9H7IN2O/c1-6-8(10)9(13)12-5-3-2-4-7(12)11-6/h2-5H,1H3. The Morgan fingerprint density at radius 2 is 2.23 bits per heavy atom. The molecule has 2 aromatic heterocycles. The van der Waals surface area contributed by atoms with Crippen molar-refractivity contribution in [1.29, 1.82) is 0 Å². The highest BCUT2D eigenvalue weighted by Crippen LogP contribution is 2.05. The summed E-state index contributed by atoms with van der Waals surface area (Å²) < 4.78 is 2.23. The van der Waals surface area contributed by atoms with Crippen LogP contribution >= 0.6 is 22.6 Å². The monoisotopic (exact) mass is 286 g/mol. The SMILES string of the molecule is Cc1nc2ccccn2c(=O)c1I. The fourth-order valence-corrected chi connectivity index (χ4v) is 1.56. The van der Waals surface area contributed by atoms with Crippen molar-refractivity contribution >= 4 is 28.2 Å². The van der Waals surface area contributed by atoms with E-state index in [4.69, 9.17) is 0 Å². The van der Waals surface area contributed by atoms with Gasteiger partial charge in [0.2, 0.25) is 0 Å². The highest BCUT2D eigenvalue weighted by Gasteiger charge is 2.04. The Bertz CT molecular complexity index is 518. The number of hydrogen-bond acceptors (Lipinski definition) is 2. The number of rotatable bonds is 0. The lowest BCUT2D eigenvalue weighted by Crippen LogP contribution is -2.18. The molecule has 0 amide bonds. The number of hydrogen-bond donors (Lipinski definition) is 0. The van der Waals surface area contributed by atoms with E-state index in [9.17, 15) is 4.79 Å². The molecular formula is C9H7IN2O. The Morgan fingerprint density at radius 3 is 3.00 bits per heavy atom. The highest BCUT2D eigenvalue weighted by atomic mass is 127. The quantitative estimate of drug-likeness (QED) is 0.689. The van der Waals surface area contributed by atoms with E-state index in [-0.39, 0.29) is 5.56 Å². The van der Waals surface area contributed by atoms with Crippen LogP contribution in [-0.2, 0) is 0 Å². The van der Waals surface area contributed by atoms with Gasteiger partial charge in [0.1, 0.15) is 9.22 Å². The molecule has 0 fully saturated rings. The fourth-order valence-electron chi connectivity index (χ4n) is 1.18. The van der Waals surface area contributed by atoms with E-state index >= 15 is 0 Å². The first-order chi connectivity index (χ1) is 6.20. The normalized spacial score (nSPS) is 10.6. The largest absolute Gasteiger partial charge is 0.271 e. The molecule has 66 valence electrons. The lowest BCUT2D eigenvalue weighted by Gasteiger charge is -2.01. The van der Waals surface area contributed by atoms with Gasteiger partial charge >= 0.3 is 0 Å². The Kier molecular flexibility index (Phi) is 2.07. The van der Waals surface area contributed by atoms with Gasteiger partial charge in [-0.3, -0.25) is 9.20 Å². The average molecular weight is 286 g/mol. The van der Waals surface area contributed by atoms with Gasteiger partial charge in [0.25, 0.3) is 5.56 Å². The van der Waals surface area contributed by atoms with Crippen molar-refractivity contribution in [3.8, 4) is 0 Å². The van der Waals surface area contributed by atoms with Crippen LogP contribution in [0.5, 0.6) is 0 Å². The lowest BCUT2D eigenvalue weighted by atomic mass is 10.4. The van der Waals surface area contributed by atoms with Crippen LogP contribution < -0.4 is 5.56 Å². The zero-order chi connectivity index (χ0) is 9.42. The number of aryl methyl sites for hydroxylation is 1. The molecule has 0 atom stereocenters. The van der Waals surface area contributed by atoms with E-state index in [2.05, 4.69) is 4.98 Å². The van der Waals surface area contributed by atoms with Gasteiger partial charge in [-0.1, -0.05) is 6.07 Å². The second-order valence-corrected chi connectivity index (χ2v) is 3.82. The smallest absolute Gasteiger partial charge is 0.268 e. The molecule has 0 saturated carbocycles. The van der Waals surface area contributed by atoms with Crippen LogP contribution in [0, 0.1) is 10.5 Å². The van der Waals surface area contributed by atoms with Crippen LogP contribution in [0.25, 0.3) is 5.65 Å². The molecule has 2 heterocycles. The Balaban J connectivity index is 3.03. The first-order valence-corrected chi connectivity index (χ1v) is 4.91. The van der Waals surface area contributed by atoms with Crippen LogP contribution in [0.3, 0.4) is 0 Å². The van der Waals surface area contributed by atoms with Crippen LogP contribution in [0.2, 0.25) is 0 Å². The van der Waals surface area contributed by atoms with Crippen molar-refractivity contribution in [2.75, 3.05) is 0 Å². The second kappa shape index (κ2) is 3.10. The minimum Gasteiger partial charge on any atom is -0.268 e. The van der Waals surface area contributed by atoms with Crippen molar-refractivity contribution in [2.24, 2.45) is 0 Å². The summed E-state index contributed by atoms with van der Waals surface area (Å²) in [6.45, 7) is 1.84. The maximum Gasteiger partial charge on any atom is 0.271 e. The molecule has 13 heavy (non-hydrogen) atoms. The van der Waals surface area contributed by atoms with Crippen molar-refractivity contribution in [3.05, 3.63) is 44.0 Å². The molecule has 0 saturated heterocycles. The Labute approximate surface area is 88.6 Å². The van der Waals surface area contributed by atoms with Crippen LogP contribution in [0.1, 0.15) is 5.69 Å². The number of aromatic nitrogens is 2. The predicted molar refractivity (Wildman–Crippen MR) is 58.9 cm³/mol. The van der Waals surface area contributed by atoms with Crippen molar-refractivity contribution in [3.63, 3.8) is 0 Å². The van der Waals surface area contributed by atoms with E-state index in [1.165, 1.54) is 0 Å². The van der Waals surface area contributed by atoms with Gasteiger partial charge in [-0.2, -0.15) is 0 Å². The molecule has 0 spiro atoms. The summed E-state index contributed by atoms with van der Waals surface area (Å²) in [6, 6.07) is 5.51. The maximum absolute atomic E-state index is 11.7. The molecule has 0 aliphatic carbocycles. The molecule has 0 bridgehead atoms. The van der Waals surface area contributed by atoms with E-state index in [0.717, 1.165) is 5.69 Å². The molecule has 2 aromatic rings. The minimum atomic E-state index is 0.00343. The summed E-state index contributed by atoms with van der Waals surface area (Å²) >= 11 is 2.02. The summed E-state index contributed by atoms with van der Waals surface area (Å²) in [4.78, 5) is 16.0. The molecule has 3 nitrogen and oxygen atoms in total. The van der Waals surface area contributed by atoms with Gasteiger partial charge in [-0.15, -0.1) is 0 Å². The summed E-state index contributed by atoms with van der Waals surface area (Å²) in [7, 11) is 0. The summed E-state index contributed by atoms with van der Waals surface area (Å²) in [5.74, 6) is 0. The first-order valence-electron chi connectivity index (χ1n) is 3.83. The van der Waals surface area contributed by atoms with Crippen LogP contribution in [0.4, 0.5) is 0 Å². The Morgan fingerprint density at radius 1 is 1.46 bits per heavy atom. The molecule has 0 unspecified atom stereocenters. The summed E-state index contributed by atoms with van der Waals surface area (Å²) in [5, 5.41) is 0. The zero-order valence-corrected chi connectivity index (χ0v) is 9.15. The second-order valence-electron chi connectivity index (χ2n) is 2.75. The fraction of sp³-hybridized carbons (Fsp3) is 0.111. The third kappa shape index (κ3) is 1.35. The third-order valence-electron chi connectivity index (χ3n) is 1.84. The van der Waals surface area contributed by atoms with Gasteiger partial charge < -0.3 is 0 Å². The molecular weight excluding hydrogens is 279 g/mol. The van der Waals surface area contributed by atoms with E-state index in [1.54, 1.807) is 10.6 Å². The summed E-state index contributed by atoms with van der Waals surface area (Å²) in [6.07, 6.45) is 1.73. The van der Waals surface area contributed by atoms with Gasteiger partial charge in [-0.25, -0.2) is 4.98 Å². The van der Waals surface area contributed by atoms with Crippen molar-refractivity contribution in [1.82, 2.24) is 9.38 Å². The number of fused-ring (bicyclic) bond motifs is 1. The van der Waals surface area contributed by atoms with E-state index < -0.39 is 0 Å². The third-order valence-corrected chi connectivity index (χ3v) is 3.09. The van der Waals surface area contributed by atoms with Gasteiger partial charge in [0, 0.05) is 6.20 Å². The van der Waals surface area contributed by atoms with Gasteiger partial charge in [0.05, 0.1) is 5.69 Å². The van der Waals surface area contributed by atoms with E-state index in [1.807, 2.05) is 47.7 Å². The molecule has 0 aliphatic rings. The molecule has 0 aromatic carbocycles. The molecule has 0 aliphatic heterocycles. The predicted octanol–water partition coefficient (Wildman–Crippen LogP) is 1.61. The number of pyridine rings is 1. The lowest BCUT2D eigenvalue weighted by molar-refractivity contribution is 0.999. The molecule has 4 heteroatoms. The number of nitrogens with zero attached hydrogens (tertiary/aromatic N) is 2. The molecule has 0 radical (unpaired) electrons. The molecule has 2 rings (SSSR count). The summed E-state index contributed by atoms with van der Waals surface area (Å²) in [5.41, 5.74) is 1.49. The highest BCUT2D eigenvalue weighted by molar-refractivity contribution is 14.1. The minimum absolute atomic E-state index is 0.00343. The van der Waals surface area contributed by atoms with E-state index in [0.29, 0.717) is 9.22 Å². The van der Waals surface area contributed by atoms with Crippen LogP contribution in [-0.4, -0.2) is 9.38 Å². The number of halogens is 1.